The highest BCUT2D eigenvalue weighted by molar-refractivity contribution is 5.81. The zero-order valence-corrected chi connectivity index (χ0v) is 13.4. The number of aliphatic hydroxyl groups is 1. The van der Waals surface area contributed by atoms with Crippen LogP contribution in [0.3, 0.4) is 0 Å². The van der Waals surface area contributed by atoms with Crippen molar-refractivity contribution in [2.75, 3.05) is 44.7 Å². The van der Waals surface area contributed by atoms with Crippen molar-refractivity contribution in [1.29, 1.82) is 0 Å². The van der Waals surface area contributed by atoms with Crippen LogP contribution in [0.1, 0.15) is 19.3 Å². The van der Waals surface area contributed by atoms with E-state index in [9.17, 15) is 9.90 Å². The molecule has 1 saturated heterocycles. The Morgan fingerprint density at radius 3 is 2.68 bits per heavy atom. The van der Waals surface area contributed by atoms with Crippen LogP contribution in [-0.4, -0.2) is 61.8 Å². The first-order chi connectivity index (χ1) is 10.6. The highest BCUT2D eigenvalue weighted by atomic mass is 16.3. The maximum atomic E-state index is 11.9. The van der Waals surface area contributed by atoms with Gasteiger partial charge < -0.3 is 20.2 Å². The number of carbonyl (C=O) groups is 1. The van der Waals surface area contributed by atoms with Gasteiger partial charge in [-0.25, -0.2) is 0 Å². The fourth-order valence-electron chi connectivity index (χ4n) is 2.72. The molecule has 2 rings (SSSR count). The van der Waals surface area contributed by atoms with Crippen molar-refractivity contribution in [2.24, 2.45) is 0 Å². The number of amides is 1. The van der Waals surface area contributed by atoms with Gasteiger partial charge in [-0.2, -0.15) is 0 Å². The van der Waals surface area contributed by atoms with Crippen molar-refractivity contribution < 1.29 is 9.90 Å². The number of likely N-dealkylation sites (tertiary alicyclic amines) is 1. The summed E-state index contributed by atoms with van der Waals surface area (Å²) in [6.07, 6.45) is 2.57. The number of rotatable bonds is 7. The van der Waals surface area contributed by atoms with E-state index in [1.165, 1.54) is 0 Å². The molecule has 1 amide bonds. The van der Waals surface area contributed by atoms with Gasteiger partial charge in [-0.05, 0) is 37.9 Å². The molecule has 0 saturated carbocycles. The van der Waals surface area contributed by atoms with Gasteiger partial charge in [-0.3, -0.25) is 4.79 Å². The van der Waals surface area contributed by atoms with Gasteiger partial charge in [-0.15, -0.1) is 0 Å². The van der Waals surface area contributed by atoms with Crippen LogP contribution in [0.5, 0.6) is 0 Å². The van der Waals surface area contributed by atoms with Crippen molar-refractivity contribution in [3.63, 3.8) is 0 Å². The predicted molar refractivity (Wildman–Crippen MR) is 89.0 cm³/mol. The molecule has 0 aromatic heterocycles. The summed E-state index contributed by atoms with van der Waals surface area (Å²) >= 11 is 0. The first-order valence-corrected chi connectivity index (χ1v) is 8.08. The standard InChI is InChI=1S/C17H27N3O2/c1-19(15-6-3-2-4-7-15)14-17(22)18-10-5-11-20-12-8-16(21)9-13-20/h2-4,6-7,16,21H,5,8-14H2,1H3,(H,18,22). The van der Waals surface area contributed by atoms with E-state index in [2.05, 4.69) is 10.2 Å². The monoisotopic (exact) mass is 305 g/mol. The second-order valence-electron chi connectivity index (χ2n) is 5.97. The molecule has 2 N–H and O–H groups in total. The molecule has 1 aromatic carbocycles. The normalized spacial score (nSPS) is 16.5. The van der Waals surface area contributed by atoms with Gasteiger partial charge in [0.15, 0.2) is 0 Å². The van der Waals surface area contributed by atoms with Gasteiger partial charge in [0.1, 0.15) is 0 Å². The number of para-hydroxylation sites is 1. The summed E-state index contributed by atoms with van der Waals surface area (Å²) in [5.41, 5.74) is 1.05. The Bertz CT molecular complexity index is 444. The average molecular weight is 305 g/mol. The van der Waals surface area contributed by atoms with E-state index in [0.717, 1.165) is 44.6 Å². The fraction of sp³-hybridized carbons (Fsp3) is 0.588. The minimum atomic E-state index is -0.121. The van der Waals surface area contributed by atoms with Crippen LogP contribution in [0.15, 0.2) is 30.3 Å². The summed E-state index contributed by atoms with van der Waals surface area (Å²) in [6.45, 7) is 4.00. The number of carbonyl (C=O) groups excluding carboxylic acids is 1. The van der Waals surface area contributed by atoms with Crippen LogP contribution in [0, 0.1) is 0 Å². The highest BCUT2D eigenvalue weighted by Gasteiger charge is 2.16. The molecule has 1 fully saturated rings. The Labute approximate surface area is 132 Å². The Balaban J connectivity index is 1.58. The molecule has 0 spiro atoms. The number of benzene rings is 1. The van der Waals surface area contributed by atoms with Crippen LogP contribution in [0.2, 0.25) is 0 Å². The summed E-state index contributed by atoms with van der Waals surface area (Å²) in [4.78, 5) is 16.2. The lowest BCUT2D eigenvalue weighted by Crippen LogP contribution is -2.39. The predicted octanol–water partition coefficient (Wildman–Crippen LogP) is 1.09. The molecule has 0 aliphatic carbocycles. The largest absolute Gasteiger partial charge is 0.393 e. The molecule has 5 nitrogen and oxygen atoms in total. The third-order valence-corrected chi connectivity index (χ3v) is 4.11. The van der Waals surface area contributed by atoms with E-state index < -0.39 is 0 Å². The number of anilines is 1. The minimum Gasteiger partial charge on any atom is -0.393 e. The Hall–Kier alpha value is -1.59. The van der Waals surface area contributed by atoms with Crippen molar-refractivity contribution in [3.05, 3.63) is 30.3 Å². The molecule has 1 aliphatic heterocycles. The van der Waals surface area contributed by atoms with E-state index in [1.807, 2.05) is 42.3 Å². The van der Waals surface area contributed by atoms with E-state index >= 15 is 0 Å². The van der Waals surface area contributed by atoms with E-state index in [1.54, 1.807) is 0 Å². The van der Waals surface area contributed by atoms with Crippen molar-refractivity contribution >= 4 is 11.6 Å². The second kappa shape index (κ2) is 8.76. The molecule has 0 radical (unpaired) electrons. The van der Waals surface area contributed by atoms with E-state index in [-0.39, 0.29) is 12.0 Å². The number of likely N-dealkylation sites (N-methyl/N-ethyl adjacent to an activating group) is 1. The first kappa shape index (κ1) is 16.8. The zero-order chi connectivity index (χ0) is 15.8. The Morgan fingerprint density at radius 1 is 1.32 bits per heavy atom. The zero-order valence-electron chi connectivity index (χ0n) is 13.4. The highest BCUT2D eigenvalue weighted by Crippen LogP contribution is 2.10. The molecular weight excluding hydrogens is 278 g/mol. The molecule has 1 aliphatic rings. The molecule has 5 heteroatoms. The van der Waals surface area contributed by atoms with Gasteiger partial charge in [0.05, 0.1) is 12.6 Å². The summed E-state index contributed by atoms with van der Waals surface area (Å²) in [5.74, 6) is 0.0559. The SMILES string of the molecule is CN(CC(=O)NCCCN1CCC(O)CC1)c1ccccc1. The lowest BCUT2D eigenvalue weighted by Gasteiger charge is -2.29. The maximum absolute atomic E-state index is 11.9. The maximum Gasteiger partial charge on any atom is 0.239 e. The smallest absolute Gasteiger partial charge is 0.239 e. The van der Waals surface area contributed by atoms with E-state index in [0.29, 0.717) is 13.1 Å². The lowest BCUT2D eigenvalue weighted by atomic mass is 10.1. The molecule has 0 bridgehead atoms. The first-order valence-electron chi connectivity index (χ1n) is 8.08. The summed E-state index contributed by atoms with van der Waals surface area (Å²) in [6, 6.07) is 9.91. The van der Waals surface area contributed by atoms with E-state index in [4.69, 9.17) is 0 Å². The topological polar surface area (TPSA) is 55.8 Å². The average Bonchev–Trinajstić information content (AvgIpc) is 2.54. The number of nitrogens with one attached hydrogen (secondary N) is 1. The molecule has 1 aromatic rings. The molecule has 0 unspecified atom stereocenters. The number of hydrogen-bond donors (Lipinski definition) is 2. The van der Waals surface area contributed by atoms with Crippen molar-refractivity contribution in [3.8, 4) is 0 Å². The van der Waals surface area contributed by atoms with Gasteiger partial charge in [-0.1, -0.05) is 18.2 Å². The lowest BCUT2D eigenvalue weighted by molar-refractivity contribution is -0.119. The Kier molecular flexibility index (Phi) is 6.68. The van der Waals surface area contributed by atoms with Crippen molar-refractivity contribution in [2.45, 2.75) is 25.4 Å². The summed E-state index contributed by atoms with van der Waals surface area (Å²) in [7, 11) is 1.92. The van der Waals surface area contributed by atoms with Gasteiger partial charge in [0.25, 0.3) is 0 Å². The number of hydrogen-bond acceptors (Lipinski definition) is 4. The fourth-order valence-corrected chi connectivity index (χ4v) is 2.72. The van der Waals surface area contributed by atoms with Crippen LogP contribution in [0.4, 0.5) is 5.69 Å². The van der Waals surface area contributed by atoms with Gasteiger partial charge in [0.2, 0.25) is 5.91 Å². The summed E-state index contributed by atoms with van der Waals surface area (Å²) in [5, 5.41) is 12.4. The number of nitrogens with zero attached hydrogens (tertiary/aromatic N) is 2. The van der Waals surface area contributed by atoms with Gasteiger partial charge in [0, 0.05) is 32.4 Å². The summed E-state index contributed by atoms with van der Waals surface area (Å²) < 4.78 is 0. The third kappa shape index (κ3) is 5.66. The second-order valence-corrected chi connectivity index (χ2v) is 5.97. The van der Waals surface area contributed by atoms with Crippen molar-refractivity contribution in [1.82, 2.24) is 10.2 Å². The van der Waals surface area contributed by atoms with Crippen LogP contribution < -0.4 is 10.2 Å². The minimum absolute atomic E-state index is 0.0559. The molecule has 0 atom stereocenters. The third-order valence-electron chi connectivity index (χ3n) is 4.11. The van der Waals surface area contributed by atoms with Crippen LogP contribution >= 0.6 is 0 Å². The molecule has 1 heterocycles. The van der Waals surface area contributed by atoms with Crippen LogP contribution in [0.25, 0.3) is 0 Å². The quantitative estimate of drug-likeness (QED) is 0.740. The van der Waals surface area contributed by atoms with Gasteiger partial charge >= 0.3 is 0 Å². The molecule has 22 heavy (non-hydrogen) atoms. The molecule has 122 valence electrons. The number of piperidine rings is 1. The van der Waals surface area contributed by atoms with Crippen LogP contribution in [-0.2, 0) is 4.79 Å². The molecular formula is C17H27N3O2. The number of aliphatic hydroxyl groups excluding tert-OH is 1. The Morgan fingerprint density at radius 2 is 2.00 bits per heavy atom.